The third-order valence-electron chi connectivity index (χ3n) is 2.99. The normalized spacial score (nSPS) is 11.3. The van der Waals surface area contributed by atoms with Gasteiger partial charge in [0.2, 0.25) is 0 Å². The molecule has 0 atom stereocenters. The van der Waals surface area contributed by atoms with Gasteiger partial charge in [0.15, 0.2) is 0 Å². The van der Waals surface area contributed by atoms with Crippen molar-refractivity contribution in [1.29, 1.82) is 0 Å². The summed E-state index contributed by atoms with van der Waals surface area (Å²) in [6.07, 6.45) is 6.03. The Morgan fingerprint density at radius 1 is 1.55 bits per heavy atom. The highest BCUT2D eigenvalue weighted by molar-refractivity contribution is 5.68. The van der Waals surface area contributed by atoms with E-state index in [2.05, 4.69) is 17.0 Å². The summed E-state index contributed by atoms with van der Waals surface area (Å²) in [6.45, 7) is 14.2. The van der Waals surface area contributed by atoms with E-state index in [9.17, 15) is 4.79 Å². The molecule has 0 aromatic carbocycles. The number of nitrogens with zero attached hydrogens (tertiary/aromatic N) is 3. The van der Waals surface area contributed by atoms with Gasteiger partial charge < -0.3 is 15.0 Å². The van der Waals surface area contributed by atoms with Crippen LogP contribution < -0.4 is 5.32 Å². The van der Waals surface area contributed by atoms with Gasteiger partial charge in [-0.1, -0.05) is 6.58 Å². The molecule has 1 amide bonds. The Morgan fingerprint density at radius 3 is 2.82 bits per heavy atom. The van der Waals surface area contributed by atoms with Gasteiger partial charge in [0, 0.05) is 37.6 Å². The molecule has 0 spiro atoms. The molecule has 22 heavy (non-hydrogen) atoms. The minimum Gasteiger partial charge on any atom is -0.444 e. The molecular formula is C16H28N4O2. The molecule has 124 valence electrons. The Labute approximate surface area is 133 Å². The maximum Gasteiger partial charge on any atom is 0.410 e. The second-order valence-corrected chi connectivity index (χ2v) is 6.10. The number of amides is 1. The number of carbonyl (C=O) groups excluding carboxylic acids is 1. The SMILES string of the molecule is C=Cn1cc(CNCCCN(CC)C(=O)OC(C)(C)C)cn1. The van der Waals surface area contributed by atoms with Crippen molar-refractivity contribution >= 4 is 12.3 Å². The topological polar surface area (TPSA) is 59.4 Å². The average Bonchev–Trinajstić information content (AvgIpc) is 2.88. The Morgan fingerprint density at radius 2 is 2.27 bits per heavy atom. The highest BCUT2D eigenvalue weighted by atomic mass is 16.6. The quantitative estimate of drug-likeness (QED) is 0.750. The number of rotatable bonds is 8. The van der Waals surface area contributed by atoms with Gasteiger partial charge in [0.25, 0.3) is 0 Å². The third kappa shape index (κ3) is 6.76. The van der Waals surface area contributed by atoms with Gasteiger partial charge in [-0.05, 0) is 40.7 Å². The van der Waals surface area contributed by atoms with Crippen molar-refractivity contribution in [1.82, 2.24) is 20.0 Å². The first-order valence-corrected chi connectivity index (χ1v) is 7.70. The molecule has 6 heteroatoms. The lowest BCUT2D eigenvalue weighted by Gasteiger charge is -2.26. The van der Waals surface area contributed by atoms with Crippen molar-refractivity contribution in [2.75, 3.05) is 19.6 Å². The van der Waals surface area contributed by atoms with Crippen LogP contribution in [0.5, 0.6) is 0 Å². The van der Waals surface area contributed by atoms with Crippen LogP contribution in [0.3, 0.4) is 0 Å². The van der Waals surface area contributed by atoms with E-state index in [-0.39, 0.29) is 6.09 Å². The minimum atomic E-state index is -0.450. The smallest absolute Gasteiger partial charge is 0.410 e. The second-order valence-electron chi connectivity index (χ2n) is 6.10. The number of ether oxygens (including phenoxy) is 1. The van der Waals surface area contributed by atoms with Crippen LogP contribution in [-0.2, 0) is 11.3 Å². The molecule has 6 nitrogen and oxygen atoms in total. The molecule has 0 aliphatic carbocycles. The first-order chi connectivity index (χ1) is 10.4. The summed E-state index contributed by atoms with van der Waals surface area (Å²) in [6, 6.07) is 0. The lowest BCUT2D eigenvalue weighted by molar-refractivity contribution is 0.0258. The molecule has 1 heterocycles. The first kappa shape index (κ1) is 18.2. The van der Waals surface area contributed by atoms with E-state index in [0.29, 0.717) is 13.1 Å². The molecule has 0 aliphatic heterocycles. The number of hydrogen-bond donors (Lipinski definition) is 1. The van der Waals surface area contributed by atoms with Crippen LogP contribution in [0.4, 0.5) is 4.79 Å². The van der Waals surface area contributed by atoms with E-state index in [1.54, 1.807) is 15.8 Å². The fourth-order valence-corrected chi connectivity index (χ4v) is 1.90. The van der Waals surface area contributed by atoms with Crippen LogP contribution in [0, 0.1) is 0 Å². The lowest BCUT2D eigenvalue weighted by atomic mass is 10.2. The van der Waals surface area contributed by atoms with Gasteiger partial charge >= 0.3 is 6.09 Å². The van der Waals surface area contributed by atoms with Crippen LogP contribution in [0.2, 0.25) is 0 Å². The largest absolute Gasteiger partial charge is 0.444 e. The monoisotopic (exact) mass is 308 g/mol. The fraction of sp³-hybridized carbons (Fsp3) is 0.625. The number of nitrogens with one attached hydrogen (secondary N) is 1. The summed E-state index contributed by atoms with van der Waals surface area (Å²) in [5, 5.41) is 7.46. The van der Waals surface area contributed by atoms with Crippen LogP contribution in [-0.4, -0.2) is 46.0 Å². The van der Waals surface area contributed by atoms with Gasteiger partial charge in [0.05, 0.1) is 6.20 Å². The van der Waals surface area contributed by atoms with E-state index in [4.69, 9.17) is 4.74 Å². The maximum absolute atomic E-state index is 12.0. The molecule has 0 saturated carbocycles. The van der Waals surface area contributed by atoms with E-state index in [1.165, 1.54) is 0 Å². The summed E-state index contributed by atoms with van der Waals surface area (Å²) < 4.78 is 7.06. The van der Waals surface area contributed by atoms with Gasteiger partial charge in [-0.3, -0.25) is 0 Å². The Bertz CT molecular complexity index is 477. The van der Waals surface area contributed by atoms with Crippen LogP contribution in [0.1, 0.15) is 39.7 Å². The Hall–Kier alpha value is -1.82. The molecule has 1 rings (SSSR count). The second kappa shape index (κ2) is 8.58. The van der Waals surface area contributed by atoms with Crippen molar-refractivity contribution in [2.45, 2.75) is 46.3 Å². The zero-order valence-electron chi connectivity index (χ0n) is 14.1. The Kier molecular flexibility index (Phi) is 7.11. The zero-order chi connectivity index (χ0) is 16.6. The molecule has 1 aromatic rings. The number of aromatic nitrogens is 2. The molecule has 0 radical (unpaired) electrons. The molecule has 1 aromatic heterocycles. The summed E-state index contributed by atoms with van der Waals surface area (Å²) in [5.41, 5.74) is 0.660. The fourth-order valence-electron chi connectivity index (χ4n) is 1.90. The standard InChI is InChI=1S/C16H28N4O2/c1-6-19(15(21)22-16(3,4)5)10-8-9-17-11-14-12-18-20(7-2)13-14/h7,12-13,17H,2,6,8-11H2,1,3-5H3. The summed E-state index contributed by atoms with van der Waals surface area (Å²) in [5.74, 6) is 0. The van der Waals surface area contributed by atoms with Crippen molar-refractivity contribution in [2.24, 2.45) is 0 Å². The third-order valence-corrected chi connectivity index (χ3v) is 2.99. The van der Waals surface area contributed by atoms with E-state index in [1.807, 2.05) is 40.1 Å². The van der Waals surface area contributed by atoms with Crippen LogP contribution >= 0.6 is 0 Å². The lowest BCUT2D eigenvalue weighted by Crippen LogP contribution is -2.38. The Balaban J connectivity index is 2.24. The summed E-state index contributed by atoms with van der Waals surface area (Å²) in [7, 11) is 0. The first-order valence-electron chi connectivity index (χ1n) is 7.70. The van der Waals surface area contributed by atoms with E-state index >= 15 is 0 Å². The molecule has 0 bridgehead atoms. The molecule has 0 saturated heterocycles. The van der Waals surface area contributed by atoms with Gasteiger partial charge in [0.1, 0.15) is 5.60 Å². The van der Waals surface area contributed by atoms with Crippen molar-refractivity contribution in [3.63, 3.8) is 0 Å². The van der Waals surface area contributed by atoms with E-state index in [0.717, 1.165) is 25.1 Å². The zero-order valence-corrected chi connectivity index (χ0v) is 14.1. The molecule has 0 unspecified atom stereocenters. The van der Waals surface area contributed by atoms with Crippen LogP contribution in [0.25, 0.3) is 6.20 Å². The summed E-state index contributed by atoms with van der Waals surface area (Å²) >= 11 is 0. The molecule has 0 aliphatic rings. The number of carbonyl (C=O) groups is 1. The maximum atomic E-state index is 12.0. The van der Waals surface area contributed by atoms with Crippen molar-refractivity contribution in [3.8, 4) is 0 Å². The minimum absolute atomic E-state index is 0.248. The van der Waals surface area contributed by atoms with Gasteiger partial charge in [-0.2, -0.15) is 5.10 Å². The molecule has 0 fully saturated rings. The molecule has 1 N–H and O–H groups in total. The highest BCUT2D eigenvalue weighted by Crippen LogP contribution is 2.10. The summed E-state index contributed by atoms with van der Waals surface area (Å²) in [4.78, 5) is 13.7. The average molecular weight is 308 g/mol. The van der Waals surface area contributed by atoms with Crippen molar-refractivity contribution in [3.05, 3.63) is 24.5 Å². The molecular weight excluding hydrogens is 280 g/mol. The predicted molar refractivity (Wildman–Crippen MR) is 88.4 cm³/mol. The van der Waals surface area contributed by atoms with Crippen LogP contribution in [0.15, 0.2) is 19.0 Å². The van der Waals surface area contributed by atoms with Crippen molar-refractivity contribution < 1.29 is 9.53 Å². The van der Waals surface area contributed by atoms with Gasteiger partial charge in [-0.25, -0.2) is 9.48 Å². The predicted octanol–water partition coefficient (Wildman–Crippen LogP) is 2.72. The highest BCUT2D eigenvalue weighted by Gasteiger charge is 2.20. The van der Waals surface area contributed by atoms with E-state index < -0.39 is 5.60 Å². The number of hydrogen-bond acceptors (Lipinski definition) is 4. The van der Waals surface area contributed by atoms with Gasteiger partial charge in [-0.15, -0.1) is 0 Å².